The molecular formula is C20H20F3N3O2. The van der Waals surface area contributed by atoms with Crippen molar-refractivity contribution in [3.63, 3.8) is 0 Å². The van der Waals surface area contributed by atoms with E-state index in [1.54, 1.807) is 6.92 Å². The Morgan fingerprint density at radius 1 is 1.18 bits per heavy atom. The maximum absolute atomic E-state index is 13.1. The zero-order valence-electron chi connectivity index (χ0n) is 15.6. The Labute approximate surface area is 160 Å². The first-order valence-electron chi connectivity index (χ1n) is 8.51. The number of anilines is 1. The largest absolute Gasteiger partial charge is 0.418 e. The van der Waals surface area contributed by atoms with Crippen LogP contribution in [0.15, 0.2) is 53.1 Å². The van der Waals surface area contributed by atoms with Crippen LogP contribution in [0.5, 0.6) is 0 Å². The van der Waals surface area contributed by atoms with Gasteiger partial charge in [-0.25, -0.2) is 0 Å². The molecule has 0 aliphatic rings. The van der Waals surface area contributed by atoms with E-state index in [1.165, 1.54) is 11.8 Å². The van der Waals surface area contributed by atoms with Crippen LogP contribution in [-0.4, -0.2) is 11.1 Å². The van der Waals surface area contributed by atoms with Gasteiger partial charge < -0.3 is 0 Å². The van der Waals surface area contributed by atoms with Gasteiger partial charge >= 0.3 is 6.18 Å². The summed E-state index contributed by atoms with van der Waals surface area (Å²) in [7, 11) is 0. The number of nitro benzene ring substituents is 1. The van der Waals surface area contributed by atoms with E-state index in [0.717, 1.165) is 23.3 Å². The maximum Gasteiger partial charge on any atom is 0.418 e. The highest BCUT2D eigenvalue weighted by atomic mass is 19.4. The van der Waals surface area contributed by atoms with Gasteiger partial charge in [-0.3, -0.25) is 15.5 Å². The summed E-state index contributed by atoms with van der Waals surface area (Å²) in [6, 6.07) is 10.4. The normalized spacial score (nSPS) is 12.6. The van der Waals surface area contributed by atoms with E-state index >= 15 is 0 Å². The average molecular weight is 391 g/mol. The third kappa shape index (κ3) is 5.67. The van der Waals surface area contributed by atoms with Crippen LogP contribution in [0.25, 0.3) is 6.08 Å². The third-order valence-electron chi connectivity index (χ3n) is 3.97. The van der Waals surface area contributed by atoms with E-state index in [9.17, 15) is 23.3 Å². The van der Waals surface area contributed by atoms with Gasteiger partial charge in [-0.05, 0) is 35.6 Å². The van der Waals surface area contributed by atoms with Crippen molar-refractivity contribution >= 4 is 23.7 Å². The molecule has 2 rings (SSSR count). The number of allylic oxidation sites excluding steroid dienone is 1. The number of hydrazone groups is 1. The van der Waals surface area contributed by atoms with Crippen LogP contribution in [0.2, 0.25) is 0 Å². The number of halogens is 3. The van der Waals surface area contributed by atoms with E-state index in [2.05, 4.69) is 24.4 Å². The van der Waals surface area contributed by atoms with Crippen LogP contribution < -0.4 is 5.43 Å². The molecule has 0 radical (unpaired) electrons. The molecule has 0 spiro atoms. The zero-order chi connectivity index (χ0) is 20.9. The fourth-order valence-electron chi connectivity index (χ4n) is 2.46. The first-order valence-corrected chi connectivity index (χ1v) is 8.51. The first-order chi connectivity index (χ1) is 13.1. The number of nitrogens with one attached hydrogen (secondary N) is 1. The van der Waals surface area contributed by atoms with Crippen LogP contribution >= 0.6 is 0 Å². The van der Waals surface area contributed by atoms with E-state index in [4.69, 9.17) is 0 Å². The van der Waals surface area contributed by atoms with Crippen molar-refractivity contribution in [2.24, 2.45) is 5.10 Å². The predicted molar refractivity (Wildman–Crippen MR) is 104 cm³/mol. The maximum atomic E-state index is 13.1. The van der Waals surface area contributed by atoms with Gasteiger partial charge in [0.05, 0.1) is 22.4 Å². The smallest absolute Gasteiger partial charge is 0.278 e. The van der Waals surface area contributed by atoms with Crippen LogP contribution in [0.1, 0.15) is 43.4 Å². The van der Waals surface area contributed by atoms with Crippen molar-refractivity contribution in [1.82, 2.24) is 0 Å². The molecule has 28 heavy (non-hydrogen) atoms. The van der Waals surface area contributed by atoms with Gasteiger partial charge in [0.1, 0.15) is 0 Å². The van der Waals surface area contributed by atoms with Crippen LogP contribution in [-0.2, 0) is 6.18 Å². The highest BCUT2D eigenvalue weighted by Crippen LogP contribution is 2.37. The summed E-state index contributed by atoms with van der Waals surface area (Å²) >= 11 is 0. The van der Waals surface area contributed by atoms with Crippen LogP contribution in [0.4, 0.5) is 24.5 Å². The zero-order valence-corrected chi connectivity index (χ0v) is 15.6. The minimum Gasteiger partial charge on any atom is -0.278 e. The molecule has 8 heteroatoms. The van der Waals surface area contributed by atoms with Crippen molar-refractivity contribution in [1.29, 1.82) is 0 Å². The summed E-state index contributed by atoms with van der Waals surface area (Å²) < 4.78 is 39.4. The summed E-state index contributed by atoms with van der Waals surface area (Å²) in [5, 5.41) is 14.5. The van der Waals surface area contributed by atoms with Crippen molar-refractivity contribution in [2.75, 3.05) is 5.43 Å². The standard InChI is InChI=1S/C20H20F3N3O2/c1-13(2)16-6-4-15(5-7-16)10-14(3)12-24-25-19-9-8-17(26(27)28)11-18(19)20(21,22)23/h4-13,25H,1-3H3. The molecule has 0 atom stereocenters. The lowest BCUT2D eigenvalue weighted by Gasteiger charge is -2.11. The monoisotopic (exact) mass is 391 g/mol. The first kappa shape index (κ1) is 21.1. The van der Waals surface area contributed by atoms with Gasteiger partial charge in [-0.1, -0.05) is 44.2 Å². The quantitative estimate of drug-likeness (QED) is 0.360. The van der Waals surface area contributed by atoms with Gasteiger partial charge in [0, 0.05) is 12.1 Å². The summed E-state index contributed by atoms with van der Waals surface area (Å²) in [6.07, 6.45) is -1.51. The molecule has 2 aromatic carbocycles. The lowest BCUT2D eigenvalue weighted by atomic mass is 10.0. The van der Waals surface area contributed by atoms with E-state index in [1.807, 2.05) is 30.3 Å². The Balaban J connectivity index is 2.16. The van der Waals surface area contributed by atoms with Gasteiger partial charge in [-0.2, -0.15) is 18.3 Å². The minimum atomic E-state index is -4.74. The SMILES string of the molecule is CC(C=NNc1ccc([N+](=O)[O-])cc1C(F)(F)F)=Cc1ccc(C(C)C)cc1. The van der Waals surface area contributed by atoms with E-state index in [-0.39, 0.29) is 5.69 Å². The average Bonchev–Trinajstić information content (AvgIpc) is 2.61. The van der Waals surface area contributed by atoms with Gasteiger partial charge in [-0.15, -0.1) is 0 Å². The summed E-state index contributed by atoms with van der Waals surface area (Å²) in [6.45, 7) is 5.96. The van der Waals surface area contributed by atoms with Crippen molar-refractivity contribution in [2.45, 2.75) is 32.9 Å². The molecule has 0 heterocycles. The van der Waals surface area contributed by atoms with Crippen molar-refractivity contribution in [3.8, 4) is 0 Å². The highest BCUT2D eigenvalue weighted by molar-refractivity contribution is 5.85. The third-order valence-corrected chi connectivity index (χ3v) is 3.97. The lowest BCUT2D eigenvalue weighted by molar-refractivity contribution is -0.385. The number of nitro groups is 1. The number of rotatable bonds is 6. The summed E-state index contributed by atoms with van der Waals surface area (Å²) in [5.41, 5.74) is 3.05. The molecule has 0 aliphatic heterocycles. The molecule has 148 valence electrons. The molecule has 2 aromatic rings. The topological polar surface area (TPSA) is 67.5 Å². The second kappa shape index (κ2) is 8.69. The number of alkyl halides is 3. The number of hydrogen-bond donors (Lipinski definition) is 1. The Bertz CT molecular complexity index is 902. The Morgan fingerprint density at radius 2 is 1.82 bits per heavy atom. The lowest BCUT2D eigenvalue weighted by Crippen LogP contribution is -2.09. The second-order valence-corrected chi connectivity index (χ2v) is 6.56. The molecule has 1 N–H and O–H groups in total. The van der Waals surface area contributed by atoms with Crippen molar-refractivity contribution in [3.05, 3.63) is 74.8 Å². The molecule has 0 amide bonds. The van der Waals surface area contributed by atoms with E-state index in [0.29, 0.717) is 12.0 Å². The van der Waals surface area contributed by atoms with E-state index < -0.39 is 22.4 Å². The molecule has 5 nitrogen and oxygen atoms in total. The summed E-state index contributed by atoms with van der Waals surface area (Å²) in [4.78, 5) is 9.83. The Kier molecular flexibility index (Phi) is 6.56. The molecule has 0 aromatic heterocycles. The van der Waals surface area contributed by atoms with Crippen LogP contribution in [0.3, 0.4) is 0 Å². The van der Waals surface area contributed by atoms with Crippen molar-refractivity contribution < 1.29 is 18.1 Å². The fraction of sp³-hybridized carbons (Fsp3) is 0.250. The molecule has 0 saturated carbocycles. The predicted octanol–water partition coefficient (Wildman–Crippen LogP) is 6.24. The Hall–Kier alpha value is -3.16. The number of benzene rings is 2. The molecular weight excluding hydrogens is 371 g/mol. The van der Waals surface area contributed by atoms with Gasteiger partial charge in [0.2, 0.25) is 0 Å². The molecule has 0 saturated heterocycles. The second-order valence-electron chi connectivity index (χ2n) is 6.56. The van der Waals surface area contributed by atoms with Crippen LogP contribution in [0, 0.1) is 10.1 Å². The number of nitrogens with zero attached hydrogens (tertiary/aromatic N) is 2. The minimum absolute atomic E-state index is 0.358. The fourth-order valence-corrected chi connectivity index (χ4v) is 2.46. The summed E-state index contributed by atoms with van der Waals surface area (Å²) in [5.74, 6) is 0.425. The molecule has 0 unspecified atom stereocenters. The van der Waals surface area contributed by atoms with Gasteiger partial charge in [0.25, 0.3) is 5.69 Å². The Morgan fingerprint density at radius 3 is 2.36 bits per heavy atom. The number of non-ortho nitro benzene ring substituents is 1. The highest BCUT2D eigenvalue weighted by Gasteiger charge is 2.35. The molecule has 0 aliphatic carbocycles. The van der Waals surface area contributed by atoms with Gasteiger partial charge in [0.15, 0.2) is 0 Å². The molecule has 0 bridgehead atoms. The molecule has 0 fully saturated rings. The number of hydrogen-bond acceptors (Lipinski definition) is 4.